The molecule has 0 unspecified atom stereocenters. The van der Waals surface area contributed by atoms with Gasteiger partial charge in [0, 0.05) is 24.0 Å². The van der Waals surface area contributed by atoms with Crippen LogP contribution < -0.4 is 5.32 Å². The van der Waals surface area contributed by atoms with E-state index in [1.165, 1.54) is 0 Å². The number of hydrogen-bond donors (Lipinski definition) is 1. The Hall–Kier alpha value is -1.62. The summed E-state index contributed by atoms with van der Waals surface area (Å²) in [5.41, 5.74) is 2.66. The van der Waals surface area contributed by atoms with Gasteiger partial charge in [-0.2, -0.15) is 5.10 Å². The summed E-state index contributed by atoms with van der Waals surface area (Å²) in [5, 5.41) is 7.80. The molecule has 0 saturated heterocycles. The number of alkyl halides is 1. The highest BCUT2D eigenvalue weighted by atomic mass is 79.9. The predicted molar refractivity (Wildman–Crippen MR) is 75.0 cm³/mol. The maximum absolute atomic E-state index is 12.0. The molecule has 0 bridgehead atoms. The molecular weight excluding hydrogens is 294 g/mol. The molecule has 1 N–H and O–H groups in total. The molecule has 2 aromatic rings. The molecule has 0 radical (unpaired) electrons. The van der Waals surface area contributed by atoms with Crippen LogP contribution in [0.3, 0.4) is 0 Å². The zero-order chi connectivity index (χ0) is 13.1. The summed E-state index contributed by atoms with van der Waals surface area (Å²) in [6.45, 7) is 1.89. The largest absolute Gasteiger partial charge is 0.307 e. The molecule has 4 nitrogen and oxygen atoms in total. The van der Waals surface area contributed by atoms with Crippen LogP contribution in [0, 0.1) is 6.92 Å². The lowest BCUT2D eigenvalue weighted by Crippen LogP contribution is -2.14. The van der Waals surface area contributed by atoms with Crippen molar-refractivity contribution < 1.29 is 4.79 Å². The maximum atomic E-state index is 12.0. The van der Waals surface area contributed by atoms with Gasteiger partial charge in [0.1, 0.15) is 5.82 Å². The average molecular weight is 308 g/mol. The van der Waals surface area contributed by atoms with Crippen molar-refractivity contribution in [2.24, 2.45) is 7.05 Å². The molecule has 1 aromatic heterocycles. The standard InChI is InChI=1S/C13H14BrN3O/c1-9-7-12(17(2)16-9)15-13(18)11-5-3-10(8-14)4-6-11/h3-7H,8H2,1-2H3,(H,15,18). The summed E-state index contributed by atoms with van der Waals surface area (Å²) in [5.74, 6) is 0.571. The van der Waals surface area contributed by atoms with E-state index in [9.17, 15) is 4.79 Å². The molecule has 5 heteroatoms. The summed E-state index contributed by atoms with van der Waals surface area (Å²) in [7, 11) is 1.80. The molecule has 1 amide bonds. The van der Waals surface area contributed by atoms with Crippen molar-refractivity contribution in [2.75, 3.05) is 5.32 Å². The molecule has 0 aliphatic carbocycles. The summed E-state index contributed by atoms with van der Waals surface area (Å²) in [6.07, 6.45) is 0. The summed E-state index contributed by atoms with van der Waals surface area (Å²) < 4.78 is 1.65. The van der Waals surface area contributed by atoms with Gasteiger partial charge < -0.3 is 5.32 Å². The lowest BCUT2D eigenvalue weighted by atomic mass is 10.1. The van der Waals surface area contributed by atoms with Gasteiger partial charge in [0.05, 0.1) is 5.69 Å². The van der Waals surface area contributed by atoms with Crippen LogP contribution in [0.15, 0.2) is 30.3 Å². The molecule has 1 heterocycles. The number of amides is 1. The Morgan fingerprint density at radius 3 is 2.56 bits per heavy atom. The molecule has 2 rings (SSSR count). The molecule has 0 saturated carbocycles. The van der Waals surface area contributed by atoms with Crippen molar-refractivity contribution >= 4 is 27.7 Å². The van der Waals surface area contributed by atoms with Gasteiger partial charge in [-0.05, 0) is 24.6 Å². The maximum Gasteiger partial charge on any atom is 0.256 e. The van der Waals surface area contributed by atoms with Gasteiger partial charge in [0.2, 0.25) is 0 Å². The second-order valence-electron chi connectivity index (χ2n) is 4.08. The van der Waals surface area contributed by atoms with E-state index < -0.39 is 0 Å². The molecule has 0 aliphatic rings. The van der Waals surface area contributed by atoms with E-state index in [-0.39, 0.29) is 5.91 Å². The van der Waals surface area contributed by atoms with Gasteiger partial charge in [-0.3, -0.25) is 9.48 Å². The average Bonchev–Trinajstić information content (AvgIpc) is 2.68. The fraction of sp³-hybridized carbons (Fsp3) is 0.231. The van der Waals surface area contributed by atoms with Gasteiger partial charge >= 0.3 is 0 Å². The third-order valence-electron chi connectivity index (χ3n) is 2.61. The van der Waals surface area contributed by atoms with Gasteiger partial charge in [0.15, 0.2) is 0 Å². The van der Waals surface area contributed by atoms with E-state index in [2.05, 4.69) is 26.3 Å². The highest BCUT2D eigenvalue weighted by Gasteiger charge is 2.09. The number of aryl methyl sites for hydroxylation is 2. The second-order valence-corrected chi connectivity index (χ2v) is 4.64. The monoisotopic (exact) mass is 307 g/mol. The van der Waals surface area contributed by atoms with Crippen LogP contribution in [-0.2, 0) is 12.4 Å². The number of halogens is 1. The molecule has 0 atom stereocenters. The Balaban J connectivity index is 2.14. The van der Waals surface area contributed by atoms with E-state index in [0.717, 1.165) is 16.6 Å². The predicted octanol–water partition coefficient (Wildman–Crippen LogP) is 2.88. The normalized spacial score (nSPS) is 10.4. The third kappa shape index (κ3) is 2.79. The summed E-state index contributed by atoms with van der Waals surface area (Å²) in [6, 6.07) is 9.32. The lowest BCUT2D eigenvalue weighted by molar-refractivity contribution is 0.102. The fourth-order valence-corrected chi connectivity index (χ4v) is 2.04. The van der Waals surface area contributed by atoms with Gasteiger partial charge in [-0.25, -0.2) is 0 Å². The quantitative estimate of drug-likeness (QED) is 0.886. The van der Waals surface area contributed by atoms with E-state index in [4.69, 9.17) is 0 Å². The van der Waals surface area contributed by atoms with Crippen LogP contribution in [0.25, 0.3) is 0 Å². The van der Waals surface area contributed by atoms with Crippen LogP contribution in [0.1, 0.15) is 21.6 Å². The first-order chi connectivity index (χ1) is 8.60. The van der Waals surface area contributed by atoms with E-state index in [0.29, 0.717) is 11.4 Å². The zero-order valence-electron chi connectivity index (χ0n) is 10.3. The summed E-state index contributed by atoms with van der Waals surface area (Å²) in [4.78, 5) is 12.0. The lowest BCUT2D eigenvalue weighted by Gasteiger charge is -2.05. The highest BCUT2D eigenvalue weighted by molar-refractivity contribution is 9.08. The Kier molecular flexibility index (Phi) is 3.81. The van der Waals surface area contributed by atoms with Crippen molar-refractivity contribution in [2.45, 2.75) is 12.3 Å². The first-order valence-corrected chi connectivity index (χ1v) is 6.69. The van der Waals surface area contributed by atoms with E-state index in [1.54, 1.807) is 11.7 Å². The van der Waals surface area contributed by atoms with Crippen molar-refractivity contribution in [1.82, 2.24) is 9.78 Å². The van der Waals surface area contributed by atoms with E-state index in [1.807, 2.05) is 37.3 Å². The molecular formula is C13H14BrN3O. The van der Waals surface area contributed by atoms with Gasteiger partial charge in [0.25, 0.3) is 5.91 Å². The smallest absolute Gasteiger partial charge is 0.256 e. The van der Waals surface area contributed by atoms with Crippen LogP contribution in [0.2, 0.25) is 0 Å². The second kappa shape index (κ2) is 5.35. The fourth-order valence-electron chi connectivity index (χ4n) is 1.66. The van der Waals surface area contributed by atoms with Crippen LogP contribution in [0.4, 0.5) is 5.82 Å². The molecule has 18 heavy (non-hydrogen) atoms. The minimum atomic E-state index is -0.126. The molecule has 0 aliphatic heterocycles. The molecule has 0 fully saturated rings. The summed E-state index contributed by atoms with van der Waals surface area (Å²) >= 11 is 3.37. The highest BCUT2D eigenvalue weighted by Crippen LogP contribution is 2.12. The van der Waals surface area contributed by atoms with E-state index >= 15 is 0 Å². The minimum Gasteiger partial charge on any atom is -0.307 e. The van der Waals surface area contributed by atoms with Gasteiger partial charge in [-0.15, -0.1) is 0 Å². The Morgan fingerprint density at radius 2 is 2.06 bits per heavy atom. The number of benzene rings is 1. The number of anilines is 1. The Bertz CT molecular complexity index is 560. The number of carbonyl (C=O) groups excluding carboxylic acids is 1. The molecule has 0 spiro atoms. The first-order valence-electron chi connectivity index (χ1n) is 5.57. The van der Waals surface area contributed by atoms with Crippen LogP contribution in [-0.4, -0.2) is 15.7 Å². The number of carbonyl (C=O) groups is 1. The number of hydrogen-bond acceptors (Lipinski definition) is 2. The van der Waals surface area contributed by atoms with Crippen molar-refractivity contribution in [3.63, 3.8) is 0 Å². The SMILES string of the molecule is Cc1cc(NC(=O)c2ccc(CBr)cc2)n(C)n1. The number of rotatable bonds is 3. The minimum absolute atomic E-state index is 0.126. The Labute approximate surface area is 114 Å². The van der Waals surface area contributed by atoms with Crippen molar-refractivity contribution in [3.05, 3.63) is 47.2 Å². The molecule has 94 valence electrons. The van der Waals surface area contributed by atoms with Crippen molar-refractivity contribution in [1.29, 1.82) is 0 Å². The van der Waals surface area contributed by atoms with Crippen LogP contribution >= 0.6 is 15.9 Å². The Morgan fingerprint density at radius 1 is 1.39 bits per heavy atom. The topological polar surface area (TPSA) is 46.9 Å². The third-order valence-corrected chi connectivity index (χ3v) is 3.26. The number of aromatic nitrogens is 2. The number of nitrogens with one attached hydrogen (secondary N) is 1. The molecule has 1 aromatic carbocycles. The zero-order valence-corrected chi connectivity index (χ0v) is 11.9. The first kappa shape index (κ1) is 12.8. The number of nitrogens with zero attached hydrogens (tertiary/aromatic N) is 2. The van der Waals surface area contributed by atoms with Crippen LogP contribution in [0.5, 0.6) is 0 Å². The van der Waals surface area contributed by atoms with Crippen molar-refractivity contribution in [3.8, 4) is 0 Å². The van der Waals surface area contributed by atoms with Gasteiger partial charge in [-0.1, -0.05) is 28.1 Å².